The molecule has 0 bridgehead atoms. The third-order valence-corrected chi connectivity index (χ3v) is 3.89. The van der Waals surface area contributed by atoms with E-state index in [0.29, 0.717) is 18.4 Å². The van der Waals surface area contributed by atoms with Gasteiger partial charge in [0.25, 0.3) is 0 Å². The molecule has 0 spiro atoms. The normalized spacial score (nSPS) is 30.9. The molecule has 3 atom stereocenters. The molecule has 0 saturated heterocycles. The van der Waals surface area contributed by atoms with Crippen LogP contribution in [0.1, 0.15) is 33.1 Å². The zero-order valence-corrected chi connectivity index (χ0v) is 10.6. The van der Waals surface area contributed by atoms with E-state index in [1.165, 1.54) is 4.90 Å². The summed E-state index contributed by atoms with van der Waals surface area (Å²) in [6, 6.07) is 0.0476. The largest absolute Gasteiger partial charge is 0.401 e. The van der Waals surface area contributed by atoms with Gasteiger partial charge in [-0.1, -0.05) is 13.8 Å². The van der Waals surface area contributed by atoms with E-state index in [2.05, 4.69) is 13.8 Å². The molecule has 0 radical (unpaired) electrons. The van der Waals surface area contributed by atoms with Crippen molar-refractivity contribution < 1.29 is 13.2 Å². The van der Waals surface area contributed by atoms with E-state index in [-0.39, 0.29) is 12.6 Å². The van der Waals surface area contributed by atoms with Crippen molar-refractivity contribution in [3.8, 4) is 0 Å². The fourth-order valence-corrected chi connectivity index (χ4v) is 2.64. The third-order valence-electron chi connectivity index (χ3n) is 3.89. The smallest absolute Gasteiger partial charge is 0.329 e. The van der Waals surface area contributed by atoms with E-state index in [9.17, 15) is 13.2 Å². The van der Waals surface area contributed by atoms with Gasteiger partial charge in [0, 0.05) is 19.1 Å². The lowest BCUT2D eigenvalue weighted by atomic mass is 9.78. The van der Waals surface area contributed by atoms with Crippen LogP contribution in [0.3, 0.4) is 0 Å². The van der Waals surface area contributed by atoms with Crippen LogP contribution in [0.2, 0.25) is 0 Å². The Hall–Kier alpha value is -0.290. The Balaban J connectivity index is 2.58. The van der Waals surface area contributed by atoms with Gasteiger partial charge in [-0.25, -0.2) is 0 Å². The molecule has 0 aliphatic heterocycles. The predicted molar refractivity (Wildman–Crippen MR) is 62.6 cm³/mol. The highest BCUT2D eigenvalue weighted by Crippen LogP contribution is 2.33. The third kappa shape index (κ3) is 4.84. The maximum absolute atomic E-state index is 12.5. The molecule has 102 valence electrons. The van der Waals surface area contributed by atoms with E-state index in [0.717, 1.165) is 19.3 Å². The predicted octanol–water partition coefficient (Wildman–Crippen LogP) is 2.63. The Morgan fingerprint density at radius 1 is 1.18 bits per heavy atom. The molecule has 5 heteroatoms. The van der Waals surface area contributed by atoms with Crippen molar-refractivity contribution in [2.75, 3.05) is 19.6 Å². The van der Waals surface area contributed by atoms with Crippen molar-refractivity contribution in [2.24, 2.45) is 17.6 Å². The first-order valence-corrected chi connectivity index (χ1v) is 6.34. The van der Waals surface area contributed by atoms with Crippen LogP contribution in [0.25, 0.3) is 0 Å². The molecule has 0 aromatic carbocycles. The first-order valence-electron chi connectivity index (χ1n) is 6.34. The van der Waals surface area contributed by atoms with Crippen molar-refractivity contribution in [1.29, 1.82) is 0 Å². The Kier molecular flexibility index (Phi) is 5.25. The SMILES string of the molecule is CC1CCC(N(CCN)CC(F)(F)F)CC1C. The Morgan fingerprint density at radius 2 is 1.82 bits per heavy atom. The Bertz CT molecular complexity index is 230. The molecule has 1 aliphatic rings. The zero-order valence-electron chi connectivity index (χ0n) is 10.6. The van der Waals surface area contributed by atoms with Gasteiger partial charge in [-0.05, 0) is 31.1 Å². The van der Waals surface area contributed by atoms with Gasteiger partial charge in [0.15, 0.2) is 0 Å². The summed E-state index contributed by atoms with van der Waals surface area (Å²) >= 11 is 0. The van der Waals surface area contributed by atoms with Crippen LogP contribution in [-0.2, 0) is 0 Å². The maximum atomic E-state index is 12.5. The van der Waals surface area contributed by atoms with Crippen molar-refractivity contribution in [2.45, 2.75) is 45.3 Å². The van der Waals surface area contributed by atoms with Gasteiger partial charge in [0.1, 0.15) is 0 Å². The number of hydrogen-bond acceptors (Lipinski definition) is 2. The van der Waals surface area contributed by atoms with Gasteiger partial charge in [0.2, 0.25) is 0 Å². The monoisotopic (exact) mass is 252 g/mol. The fraction of sp³-hybridized carbons (Fsp3) is 1.00. The average molecular weight is 252 g/mol. The molecule has 0 heterocycles. The summed E-state index contributed by atoms with van der Waals surface area (Å²) in [5.41, 5.74) is 5.41. The van der Waals surface area contributed by atoms with Crippen LogP contribution >= 0.6 is 0 Å². The van der Waals surface area contributed by atoms with Gasteiger partial charge >= 0.3 is 6.18 Å². The van der Waals surface area contributed by atoms with E-state index < -0.39 is 12.7 Å². The quantitative estimate of drug-likeness (QED) is 0.833. The highest BCUT2D eigenvalue weighted by Gasteiger charge is 2.35. The Morgan fingerprint density at radius 3 is 2.29 bits per heavy atom. The Labute approximate surface area is 101 Å². The summed E-state index contributed by atoms with van der Waals surface area (Å²) in [7, 11) is 0. The molecule has 2 nitrogen and oxygen atoms in total. The van der Waals surface area contributed by atoms with Gasteiger partial charge in [-0.2, -0.15) is 13.2 Å². The second-order valence-corrected chi connectivity index (χ2v) is 5.30. The summed E-state index contributed by atoms with van der Waals surface area (Å²) in [6.45, 7) is 4.11. The topological polar surface area (TPSA) is 29.3 Å². The maximum Gasteiger partial charge on any atom is 0.401 e. The molecule has 1 rings (SSSR count). The lowest BCUT2D eigenvalue weighted by Gasteiger charge is -2.39. The van der Waals surface area contributed by atoms with Gasteiger partial charge in [0.05, 0.1) is 6.54 Å². The number of alkyl halides is 3. The molecule has 17 heavy (non-hydrogen) atoms. The summed E-state index contributed by atoms with van der Waals surface area (Å²) in [6.07, 6.45) is -1.38. The molecule has 0 aromatic heterocycles. The molecule has 2 N–H and O–H groups in total. The second-order valence-electron chi connectivity index (χ2n) is 5.30. The van der Waals surface area contributed by atoms with Crippen molar-refractivity contribution in [1.82, 2.24) is 4.90 Å². The lowest BCUT2D eigenvalue weighted by Crippen LogP contribution is -2.46. The number of hydrogen-bond donors (Lipinski definition) is 1. The van der Waals surface area contributed by atoms with E-state index in [1.54, 1.807) is 0 Å². The first kappa shape index (κ1) is 14.8. The van der Waals surface area contributed by atoms with Crippen molar-refractivity contribution in [3.63, 3.8) is 0 Å². The van der Waals surface area contributed by atoms with Crippen molar-refractivity contribution in [3.05, 3.63) is 0 Å². The zero-order chi connectivity index (χ0) is 13.1. The molecule has 0 amide bonds. The molecular weight excluding hydrogens is 229 g/mol. The minimum absolute atomic E-state index is 0.0476. The summed E-state index contributed by atoms with van der Waals surface area (Å²) in [5, 5.41) is 0. The number of halogens is 3. The lowest BCUT2D eigenvalue weighted by molar-refractivity contribution is -0.153. The highest BCUT2D eigenvalue weighted by atomic mass is 19.4. The summed E-state index contributed by atoms with van der Waals surface area (Å²) < 4.78 is 37.4. The van der Waals surface area contributed by atoms with Crippen molar-refractivity contribution >= 4 is 0 Å². The minimum atomic E-state index is -4.12. The molecule has 1 fully saturated rings. The first-order chi connectivity index (χ1) is 7.83. The van der Waals surface area contributed by atoms with Gasteiger partial charge in [-0.3, -0.25) is 4.90 Å². The van der Waals surface area contributed by atoms with Crippen LogP contribution in [0, 0.1) is 11.8 Å². The molecule has 1 aliphatic carbocycles. The molecule has 1 saturated carbocycles. The number of rotatable bonds is 4. The fourth-order valence-electron chi connectivity index (χ4n) is 2.64. The van der Waals surface area contributed by atoms with E-state index in [1.807, 2.05) is 0 Å². The van der Waals surface area contributed by atoms with Crippen LogP contribution in [0.4, 0.5) is 13.2 Å². The average Bonchev–Trinajstić information content (AvgIpc) is 2.19. The van der Waals surface area contributed by atoms with Gasteiger partial charge < -0.3 is 5.73 Å². The minimum Gasteiger partial charge on any atom is -0.329 e. The van der Waals surface area contributed by atoms with Crippen LogP contribution in [0.5, 0.6) is 0 Å². The van der Waals surface area contributed by atoms with E-state index >= 15 is 0 Å². The number of nitrogens with zero attached hydrogens (tertiary/aromatic N) is 1. The molecule has 0 aromatic rings. The highest BCUT2D eigenvalue weighted by molar-refractivity contribution is 4.83. The van der Waals surface area contributed by atoms with E-state index in [4.69, 9.17) is 5.73 Å². The van der Waals surface area contributed by atoms with Crippen LogP contribution in [-0.4, -0.2) is 36.8 Å². The molecule has 3 unspecified atom stereocenters. The number of nitrogens with two attached hydrogens (primary N) is 1. The summed E-state index contributed by atoms with van der Waals surface area (Å²) in [4.78, 5) is 1.52. The molecular formula is C12H23F3N2. The standard InChI is InChI=1S/C12H23F3N2/c1-9-3-4-11(7-10(9)2)17(6-5-16)8-12(13,14)15/h9-11H,3-8,16H2,1-2H3. The van der Waals surface area contributed by atoms with Crippen LogP contribution in [0.15, 0.2) is 0 Å². The summed E-state index contributed by atoms with van der Waals surface area (Å²) in [5.74, 6) is 1.12. The second kappa shape index (κ2) is 6.05. The van der Waals surface area contributed by atoms with Gasteiger partial charge in [-0.15, -0.1) is 0 Å². The van der Waals surface area contributed by atoms with Crippen LogP contribution < -0.4 is 5.73 Å².